The van der Waals surface area contributed by atoms with Crippen LogP contribution in [0.1, 0.15) is 61.1 Å². The Hall–Kier alpha value is -2.55. The number of ether oxygens (including phenoxy) is 2. The summed E-state index contributed by atoms with van der Waals surface area (Å²) in [6.45, 7) is 3.14. The van der Waals surface area contributed by atoms with E-state index in [0.29, 0.717) is 24.0 Å². The first-order valence-electron chi connectivity index (χ1n) is 11.4. The molecule has 2 aromatic carbocycles. The zero-order valence-electron chi connectivity index (χ0n) is 19.0. The van der Waals surface area contributed by atoms with Gasteiger partial charge >= 0.3 is 12.5 Å². The van der Waals surface area contributed by atoms with Gasteiger partial charge in [0, 0.05) is 0 Å². The summed E-state index contributed by atoms with van der Waals surface area (Å²) in [7, 11) is 0. The molecule has 1 saturated carbocycles. The molecule has 1 aliphatic rings. The molecule has 2 nitrogen and oxygen atoms in total. The van der Waals surface area contributed by atoms with Crippen LogP contribution in [0.3, 0.4) is 0 Å². The molecule has 0 aliphatic heterocycles. The molecule has 1 aliphatic carbocycles. The number of rotatable bonds is 10. The van der Waals surface area contributed by atoms with Gasteiger partial charge in [0.1, 0.15) is 0 Å². The monoisotopic (exact) mass is 504 g/mol. The first-order chi connectivity index (χ1) is 16.5. The minimum atomic E-state index is -5.27. The summed E-state index contributed by atoms with van der Waals surface area (Å²) in [4.78, 5) is 0. The van der Waals surface area contributed by atoms with Gasteiger partial charge in [-0.15, -0.1) is 19.8 Å². The molecule has 35 heavy (non-hydrogen) atoms. The second kappa shape index (κ2) is 11.5. The van der Waals surface area contributed by atoms with E-state index in [2.05, 4.69) is 16.1 Å². The molecule has 0 unspecified atom stereocenters. The van der Waals surface area contributed by atoms with Crippen LogP contribution in [0.4, 0.5) is 30.7 Å². The molecule has 0 atom stereocenters. The lowest BCUT2D eigenvalue weighted by atomic mass is 9.77. The zero-order valence-corrected chi connectivity index (χ0v) is 19.0. The third kappa shape index (κ3) is 7.72. The maximum atomic E-state index is 14.5. The first kappa shape index (κ1) is 27.0. The third-order valence-electron chi connectivity index (χ3n) is 6.29. The first-order valence-corrected chi connectivity index (χ1v) is 11.4. The van der Waals surface area contributed by atoms with Crippen LogP contribution in [0.2, 0.25) is 0 Å². The SMILES string of the molecule is C=CCC[C@H]1CC[C@H](c2ccc(C(F)(F)OCCc3cc(F)c(OC(F)(F)F)c(F)c3)cc2)CC1. The van der Waals surface area contributed by atoms with Crippen LogP contribution in [-0.4, -0.2) is 13.0 Å². The van der Waals surface area contributed by atoms with Crippen LogP contribution in [-0.2, 0) is 17.3 Å². The van der Waals surface area contributed by atoms with Crippen molar-refractivity contribution in [2.24, 2.45) is 5.92 Å². The number of halogens is 7. The summed E-state index contributed by atoms with van der Waals surface area (Å²) in [6.07, 6.45) is -0.984. The quantitative estimate of drug-likeness (QED) is 0.239. The summed E-state index contributed by atoms with van der Waals surface area (Å²) in [5.41, 5.74) is 0.496. The van der Waals surface area contributed by atoms with Gasteiger partial charge < -0.3 is 9.47 Å². The van der Waals surface area contributed by atoms with Gasteiger partial charge in [0.15, 0.2) is 11.6 Å². The van der Waals surface area contributed by atoms with Gasteiger partial charge in [-0.2, -0.15) is 8.78 Å². The van der Waals surface area contributed by atoms with Gasteiger partial charge in [0.2, 0.25) is 5.75 Å². The highest BCUT2D eigenvalue weighted by atomic mass is 19.4. The van der Waals surface area contributed by atoms with Crippen molar-refractivity contribution in [1.29, 1.82) is 0 Å². The summed E-state index contributed by atoms with van der Waals surface area (Å²) >= 11 is 0. The number of hydrogen-bond donors (Lipinski definition) is 0. The Labute approximate surface area is 199 Å². The Morgan fingerprint density at radius 1 is 0.914 bits per heavy atom. The standard InChI is InChI=1S/C26H27F7O2/c1-2-3-4-17-5-7-19(8-6-17)20-9-11-21(12-10-20)25(29,30)34-14-13-18-15-22(27)24(23(28)16-18)35-26(31,32)33/h2,9-12,15-17,19H,1,3-8,13-14H2/t17-,19-. The van der Waals surface area contributed by atoms with E-state index in [-0.39, 0.29) is 17.5 Å². The van der Waals surface area contributed by atoms with Crippen molar-refractivity contribution in [1.82, 2.24) is 0 Å². The normalized spacial score (nSPS) is 18.9. The molecule has 9 heteroatoms. The molecule has 0 heterocycles. The number of allylic oxidation sites excluding steroid dienone is 1. The van der Waals surface area contributed by atoms with Crippen molar-refractivity contribution >= 4 is 0 Å². The Bertz CT molecular complexity index is 955. The van der Waals surface area contributed by atoms with Crippen LogP contribution < -0.4 is 4.74 Å². The maximum absolute atomic E-state index is 14.5. The van der Waals surface area contributed by atoms with E-state index in [9.17, 15) is 30.7 Å². The minimum absolute atomic E-state index is 0.149. The summed E-state index contributed by atoms with van der Waals surface area (Å²) in [5.74, 6) is -3.77. The Morgan fingerprint density at radius 3 is 2.06 bits per heavy atom. The van der Waals surface area contributed by atoms with E-state index in [0.717, 1.165) is 44.1 Å². The van der Waals surface area contributed by atoms with Gasteiger partial charge in [-0.1, -0.05) is 30.3 Å². The average Bonchev–Trinajstić information content (AvgIpc) is 2.80. The molecular weight excluding hydrogens is 477 g/mol. The number of hydrogen-bond acceptors (Lipinski definition) is 2. The predicted octanol–water partition coefficient (Wildman–Crippen LogP) is 8.41. The zero-order chi connectivity index (χ0) is 25.6. The van der Waals surface area contributed by atoms with Crippen molar-refractivity contribution in [2.75, 3.05) is 6.61 Å². The summed E-state index contributed by atoms with van der Waals surface area (Å²) < 4.78 is 101. The molecule has 0 saturated heterocycles. The van der Waals surface area contributed by atoms with E-state index >= 15 is 0 Å². The Morgan fingerprint density at radius 2 is 1.51 bits per heavy atom. The molecular formula is C26H27F7O2. The predicted molar refractivity (Wildman–Crippen MR) is 117 cm³/mol. The van der Waals surface area contributed by atoms with E-state index in [1.54, 1.807) is 12.1 Å². The van der Waals surface area contributed by atoms with Gasteiger partial charge in [-0.3, -0.25) is 0 Å². The second-order valence-corrected chi connectivity index (χ2v) is 8.76. The third-order valence-corrected chi connectivity index (χ3v) is 6.29. The molecule has 0 aromatic heterocycles. The molecule has 192 valence electrons. The van der Waals surface area contributed by atoms with Crippen LogP contribution in [0, 0.1) is 17.6 Å². The molecule has 2 aromatic rings. The highest BCUT2D eigenvalue weighted by Gasteiger charge is 2.35. The molecule has 3 rings (SSSR count). The topological polar surface area (TPSA) is 18.5 Å². The maximum Gasteiger partial charge on any atom is 0.573 e. The van der Waals surface area contributed by atoms with Crippen molar-refractivity contribution in [3.8, 4) is 5.75 Å². The fraction of sp³-hybridized carbons (Fsp3) is 0.462. The minimum Gasteiger partial charge on any atom is -0.399 e. The van der Waals surface area contributed by atoms with Gasteiger partial charge in [0.25, 0.3) is 0 Å². The lowest BCUT2D eigenvalue weighted by molar-refractivity contribution is -0.276. The smallest absolute Gasteiger partial charge is 0.399 e. The highest BCUT2D eigenvalue weighted by Crippen LogP contribution is 2.39. The fourth-order valence-electron chi connectivity index (χ4n) is 4.44. The molecule has 0 radical (unpaired) electrons. The lowest BCUT2D eigenvalue weighted by Crippen LogP contribution is -2.20. The molecule has 0 spiro atoms. The highest BCUT2D eigenvalue weighted by molar-refractivity contribution is 5.32. The lowest BCUT2D eigenvalue weighted by Gasteiger charge is -2.29. The largest absolute Gasteiger partial charge is 0.573 e. The molecule has 0 amide bonds. The van der Waals surface area contributed by atoms with Crippen molar-refractivity contribution < 1.29 is 40.2 Å². The Kier molecular flexibility index (Phi) is 8.85. The van der Waals surface area contributed by atoms with Crippen LogP contribution in [0.5, 0.6) is 5.75 Å². The molecule has 0 N–H and O–H groups in total. The van der Waals surface area contributed by atoms with Crippen molar-refractivity contribution in [3.05, 3.63) is 77.4 Å². The molecule has 1 fully saturated rings. The Balaban J connectivity index is 1.54. The van der Waals surface area contributed by atoms with Crippen molar-refractivity contribution in [3.63, 3.8) is 0 Å². The van der Waals surface area contributed by atoms with E-state index in [4.69, 9.17) is 0 Å². The van der Waals surface area contributed by atoms with E-state index in [1.807, 2.05) is 6.08 Å². The van der Waals surface area contributed by atoms with Gasteiger partial charge in [-0.05, 0) is 80.0 Å². The molecule has 0 bridgehead atoms. The van der Waals surface area contributed by atoms with Crippen molar-refractivity contribution in [2.45, 2.75) is 63.3 Å². The van der Waals surface area contributed by atoms with Crippen LogP contribution in [0.15, 0.2) is 49.1 Å². The number of alkyl halides is 5. The van der Waals surface area contributed by atoms with E-state index in [1.165, 1.54) is 12.1 Å². The summed E-state index contributed by atoms with van der Waals surface area (Å²) in [5, 5.41) is 0. The van der Waals surface area contributed by atoms with Crippen LogP contribution >= 0.6 is 0 Å². The average molecular weight is 504 g/mol. The second-order valence-electron chi connectivity index (χ2n) is 8.76. The van der Waals surface area contributed by atoms with Crippen LogP contribution in [0.25, 0.3) is 0 Å². The summed E-state index contributed by atoms with van der Waals surface area (Å²) in [6, 6.07) is 7.14. The van der Waals surface area contributed by atoms with Gasteiger partial charge in [0.05, 0.1) is 12.2 Å². The van der Waals surface area contributed by atoms with Gasteiger partial charge in [-0.25, -0.2) is 8.78 Å². The fourth-order valence-corrected chi connectivity index (χ4v) is 4.44. The number of benzene rings is 2. The van der Waals surface area contributed by atoms with E-state index < -0.39 is 36.5 Å².